The summed E-state index contributed by atoms with van der Waals surface area (Å²) in [6.07, 6.45) is -0.477. The van der Waals surface area contributed by atoms with Crippen molar-refractivity contribution < 1.29 is 19.4 Å². The number of aliphatic hydroxyl groups excluding tert-OH is 1. The van der Waals surface area contributed by atoms with Gasteiger partial charge in [0.1, 0.15) is 0 Å². The van der Waals surface area contributed by atoms with Gasteiger partial charge in [-0.15, -0.1) is 0 Å². The van der Waals surface area contributed by atoms with Gasteiger partial charge in [-0.2, -0.15) is 0 Å². The summed E-state index contributed by atoms with van der Waals surface area (Å²) in [7, 11) is 0. The molecule has 0 saturated carbocycles. The molecule has 0 aromatic carbocycles. The maximum Gasteiger partial charge on any atom is 0.304 e. The molecule has 0 aromatic rings. The van der Waals surface area contributed by atoms with E-state index in [2.05, 4.69) is 0 Å². The first-order chi connectivity index (χ1) is 6.00. The molecule has 1 fully saturated rings. The fourth-order valence-electron chi connectivity index (χ4n) is 1.46. The zero-order valence-corrected chi connectivity index (χ0v) is 8.19. The number of hydrogen-bond acceptors (Lipinski definition) is 4. The van der Waals surface area contributed by atoms with Crippen molar-refractivity contribution in [2.24, 2.45) is 5.92 Å². The van der Waals surface area contributed by atoms with Gasteiger partial charge in [0.15, 0.2) is 0 Å². The lowest BCUT2D eigenvalue weighted by molar-refractivity contribution is -0.183. The van der Waals surface area contributed by atoms with Crippen molar-refractivity contribution >= 4 is 5.97 Å². The summed E-state index contributed by atoms with van der Waals surface area (Å²) in [6, 6.07) is 0. The molecule has 0 aromatic heterocycles. The first-order valence-corrected chi connectivity index (χ1v) is 4.51. The number of hydrogen-bond donors (Lipinski definition) is 1. The molecule has 13 heavy (non-hydrogen) atoms. The molecule has 4 atom stereocenters. The molecule has 0 spiro atoms. The summed E-state index contributed by atoms with van der Waals surface area (Å²) >= 11 is 0. The van der Waals surface area contributed by atoms with Crippen molar-refractivity contribution in [2.75, 3.05) is 0 Å². The molecule has 1 saturated heterocycles. The van der Waals surface area contributed by atoms with Crippen molar-refractivity contribution in [3.8, 4) is 0 Å². The highest BCUT2D eigenvalue weighted by atomic mass is 16.7. The lowest BCUT2D eigenvalue weighted by Crippen LogP contribution is -2.25. The molecule has 1 heterocycles. The van der Waals surface area contributed by atoms with Crippen molar-refractivity contribution in [1.29, 1.82) is 0 Å². The summed E-state index contributed by atoms with van der Waals surface area (Å²) < 4.78 is 10.3. The van der Waals surface area contributed by atoms with E-state index in [0.29, 0.717) is 0 Å². The van der Waals surface area contributed by atoms with Crippen LogP contribution in [0.2, 0.25) is 0 Å². The van der Waals surface area contributed by atoms with Gasteiger partial charge in [0.2, 0.25) is 6.29 Å². The lowest BCUT2D eigenvalue weighted by atomic mass is 10.0. The van der Waals surface area contributed by atoms with Crippen molar-refractivity contribution in [2.45, 2.75) is 45.7 Å². The van der Waals surface area contributed by atoms with Crippen LogP contribution >= 0.6 is 0 Å². The van der Waals surface area contributed by atoms with E-state index in [0.717, 1.165) is 6.42 Å². The Bertz CT molecular complexity index is 190. The minimum atomic E-state index is -0.511. The lowest BCUT2D eigenvalue weighted by Gasteiger charge is -2.16. The Balaban J connectivity index is 2.46. The van der Waals surface area contributed by atoms with E-state index >= 15 is 0 Å². The minimum Gasteiger partial charge on any atom is -0.436 e. The van der Waals surface area contributed by atoms with E-state index in [1.165, 1.54) is 6.92 Å². The molecule has 0 aliphatic carbocycles. The predicted molar refractivity (Wildman–Crippen MR) is 45.9 cm³/mol. The van der Waals surface area contributed by atoms with Gasteiger partial charge in [-0.1, -0.05) is 6.92 Å². The Hall–Kier alpha value is -0.610. The average molecular weight is 188 g/mol. The standard InChI is InChI=1S/C9H16O4/c1-5-4-8(6(2)10)13-9(5)12-7(3)11/h5-6,8-10H,4H2,1-3H3/t5-,6-,8?,9?/m0/s1. The van der Waals surface area contributed by atoms with Crippen LogP contribution in [0.3, 0.4) is 0 Å². The third-order valence-electron chi connectivity index (χ3n) is 2.20. The van der Waals surface area contributed by atoms with Gasteiger partial charge in [0.25, 0.3) is 0 Å². The van der Waals surface area contributed by atoms with Crippen molar-refractivity contribution in [3.63, 3.8) is 0 Å². The van der Waals surface area contributed by atoms with E-state index in [1.54, 1.807) is 6.92 Å². The maximum absolute atomic E-state index is 10.7. The fourth-order valence-corrected chi connectivity index (χ4v) is 1.46. The molecule has 0 amide bonds. The second-order valence-electron chi connectivity index (χ2n) is 3.61. The van der Waals surface area contributed by atoms with Crippen LogP contribution in [0.25, 0.3) is 0 Å². The zero-order chi connectivity index (χ0) is 10.0. The first-order valence-electron chi connectivity index (χ1n) is 4.51. The van der Waals surface area contributed by atoms with Gasteiger partial charge in [0, 0.05) is 12.8 Å². The largest absolute Gasteiger partial charge is 0.436 e. The van der Waals surface area contributed by atoms with Crippen LogP contribution in [-0.4, -0.2) is 29.6 Å². The molecule has 1 aliphatic heterocycles. The molecular formula is C9H16O4. The van der Waals surface area contributed by atoms with Gasteiger partial charge < -0.3 is 14.6 Å². The third kappa shape index (κ3) is 2.67. The average Bonchev–Trinajstić information content (AvgIpc) is 2.31. The molecule has 4 nitrogen and oxygen atoms in total. The van der Waals surface area contributed by atoms with Crippen molar-refractivity contribution in [3.05, 3.63) is 0 Å². The van der Waals surface area contributed by atoms with Crippen LogP contribution in [0.1, 0.15) is 27.2 Å². The molecule has 1 N–H and O–H groups in total. The highest BCUT2D eigenvalue weighted by Gasteiger charge is 2.36. The van der Waals surface area contributed by atoms with Crippen LogP contribution in [0.5, 0.6) is 0 Å². The quantitative estimate of drug-likeness (QED) is 0.647. The second kappa shape index (κ2) is 4.07. The van der Waals surface area contributed by atoms with Gasteiger partial charge in [-0.05, 0) is 13.3 Å². The smallest absolute Gasteiger partial charge is 0.304 e. The van der Waals surface area contributed by atoms with Gasteiger partial charge in [-0.25, -0.2) is 0 Å². The Morgan fingerprint density at radius 1 is 1.69 bits per heavy atom. The minimum absolute atomic E-state index is 0.156. The van der Waals surface area contributed by atoms with Gasteiger partial charge >= 0.3 is 5.97 Å². The van der Waals surface area contributed by atoms with Crippen LogP contribution in [0.15, 0.2) is 0 Å². The number of carbonyl (C=O) groups excluding carboxylic acids is 1. The van der Waals surface area contributed by atoms with Crippen LogP contribution in [-0.2, 0) is 14.3 Å². The van der Waals surface area contributed by atoms with Crippen LogP contribution in [0.4, 0.5) is 0 Å². The maximum atomic E-state index is 10.7. The highest BCUT2D eigenvalue weighted by molar-refractivity contribution is 5.66. The van der Waals surface area contributed by atoms with E-state index in [9.17, 15) is 9.90 Å². The molecular weight excluding hydrogens is 172 g/mol. The normalized spacial score (nSPS) is 35.8. The van der Waals surface area contributed by atoms with Crippen molar-refractivity contribution in [1.82, 2.24) is 0 Å². The third-order valence-corrected chi connectivity index (χ3v) is 2.20. The Labute approximate surface area is 77.8 Å². The topological polar surface area (TPSA) is 55.8 Å². The van der Waals surface area contributed by atoms with Crippen LogP contribution < -0.4 is 0 Å². The number of rotatable bonds is 2. The van der Waals surface area contributed by atoms with E-state index < -0.39 is 12.4 Å². The first kappa shape index (κ1) is 10.5. The molecule has 1 rings (SSSR count). The van der Waals surface area contributed by atoms with Crippen LogP contribution in [0, 0.1) is 5.92 Å². The molecule has 0 bridgehead atoms. The number of ether oxygens (including phenoxy) is 2. The summed E-state index contributed by atoms with van der Waals surface area (Å²) in [5, 5.41) is 9.26. The summed E-state index contributed by atoms with van der Waals surface area (Å²) in [5.74, 6) is -0.188. The molecule has 1 aliphatic rings. The number of esters is 1. The monoisotopic (exact) mass is 188 g/mol. The molecule has 0 radical (unpaired) electrons. The number of carbonyl (C=O) groups is 1. The second-order valence-corrected chi connectivity index (χ2v) is 3.61. The van der Waals surface area contributed by atoms with Gasteiger partial charge in [0.05, 0.1) is 12.2 Å². The highest BCUT2D eigenvalue weighted by Crippen LogP contribution is 2.28. The Kier molecular flexibility index (Phi) is 3.27. The predicted octanol–water partition coefficient (Wildman–Crippen LogP) is 0.681. The SMILES string of the molecule is CC(=O)OC1OC([C@H](C)O)C[C@@H]1C. The summed E-state index contributed by atoms with van der Waals surface area (Å²) in [4.78, 5) is 10.7. The Morgan fingerprint density at radius 3 is 2.69 bits per heavy atom. The fraction of sp³-hybridized carbons (Fsp3) is 0.889. The Morgan fingerprint density at radius 2 is 2.31 bits per heavy atom. The molecule has 4 heteroatoms. The van der Waals surface area contributed by atoms with Gasteiger partial charge in [-0.3, -0.25) is 4.79 Å². The van der Waals surface area contributed by atoms with E-state index in [-0.39, 0.29) is 18.0 Å². The zero-order valence-electron chi connectivity index (χ0n) is 8.19. The van der Waals surface area contributed by atoms with E-state index in [1.807, 2.05) is 6.92 Å². The summed E-state index contributed by atoms with van der Waals surface area (Å²) in [5.41, 5.74) is 0. The molecule has 2 unspecified atom stereocenters. The molecule has 76 valence electrons. The van der Waals surface area contributed by atoms with E-state index in [4.69, 9.17) is 9.47 Å². The number of aliphatic hydroxyl groups is 1. The summed E-state index contributed by atoms with van der Waals surface area (Å²) in [6.45, 7) is 4.97.